The van der Waals surface area contributed by atoms with Crippen LogP contribution in [0.15, 0.2) is 6.20 Å². The van der Waals surface area contributed by atoms with Crippen molar-refractivity contribution in [3.8, 4) is 5.88 Å². The summed E-state index contributed by atoms with van der Waals surface area (Å²) in [5, 5.41) is 2.71. The first-order valence-electron chi connectivity index (χ1n) is 4.90. The van der Waals surface area contributed by atoms with Crippen molar-refractivity contribution in [2.24, 2.45) is 0 Å². The summed E-state index contributed by atoms with van der Waals surface area (Å²) in [5.41, 5.74) is 0. The van der Waals surface area contributed by atoms with Crippen molar-refractivity contribution in [3.63, 3.8) is 0 Å². The first kappa shape index (κ1) is 13.0. The molecule has 0 unspecified atom stereocenters. The predicted molar refractivity (Wildman–Crippen MR) is 54.3 cm³/mol. The molecule has 2 rings (SSSR count). The van der Waals surface area contributed by atoms with E-state index in [1.807, 2.05) is 0 Å². The van der Waals surface area contributed by atoms with E-state index < -0.39 is 18.0 Å². The molecule has 0 radical (unpaired) electrons. The summed E-state index contributed by atoms with van der Waals surface area (Å²) in [6, 6.07) is 0. The van der Waals surface area contributed by atoms with Gasteiger partial charge in [-0.1, -0.05) is 11.6 Å². The van der Waals surface area contributed by atoms with Gasteiger partial charge in [0.25, 0.3) is 0 Å². The van der Waals surface area contributed by atoms with Gasteiger partial charge in [0.05, 0.1) is 6.20 Å². The summed E-state index contributed by atoms with van der Waals surface area (Å²) in [6.07, 6.45) is -3.98. The number of ether oxygens (including phenoxy) is 1. The quantitative estimate of drug-likeness (QED) is 0.828. The maximum Gasteiger partial charge on any atom is 0.491 e. The number of aromatic nitrogens is 2. The molecule has 0 spiro atoms. The van der Waals surface area contributed by atoms with Crippen LogP contribution in [0.25, 0.3) is 0 Å². The smallest absolute Gasteiger partial charge is 0.399 e. The van der Waals surface area contributed by atoms with Gasteiger partial charge in [0, 0.05) is 19.0 Å². The Kier molecular flexibility index (Phi) is 3.40. The third-order valence-electron chi connectivity index (χ3n) is 2.30. The zero-order valence-electron chi connectivity index (χ0n) is 8.79. The van der Waals surface area contributed by atoms with E-state index in [1.165, 1.54) is 0 Å². The highest BCUT2D eigenvalue weighted by molar-refractivity contribution is 6.31. The number of halogens is 4. The Balaban J connectivity index is 2.18. The molecule has 0 atom stereocenters. The van der Waals surface area contributed by atoms with Gasteiger partial charge in [0.15, 0.2) is 0 Å². The van der Waals surface area contributed by atoms with Gasteiger partial charge < -0.3 is 10.1 Å². The number of carbonyl (C=O) groups is 1. The summed E-state index contributed by atoms with van der Waals surface area (Å²) in [5.74, 6) is -2.65. The predicted octanol–water partition coefficient (Wildman–Crippen LogP) is 1.28. The summed E-state index contributed by atoms with van der Waals surface area (Å²) >= 11 is 5.57. The molecule has 1 saturated heterocycles. The lowest BCUT2D eigenvalue weighted by atomic mass is 10.0. The first-order chi connectivity index (χ1) is 8.38. The molecule has 0 bridgehead atoms. The normalized spacial score (nSPS) is 16.2. The van der Waals surface area contributed by atoms with Crippen LogP contribution in [0.3, 0.4) is 0 Å². The second kappa shape index (κ2) is 4.69. The third-order valence-corrected chi connectivity index (χ3v) is 2.56. The van der Waals surface area contributed by atoms with Crippen LogP contribution in [0.1, 0.15) is 11.7 Å². The Morgan fingerprint density at radius 1 is 1.50 bits per heavy atom. The van der Waals surface area contributed by atoms with Crippen molar-refractivity contribution in [2.75, 3.05) is 13.1 Å². The number of esters is 1. The molecule has 0 saturated carbocycles. The van der Waals surface area contributed by atoms with Crippen LogP contribution in [0.5, 0.6) is 5.88 Å². The Bertz CT molecular complexity index is 477. The van der Waals surface area contributed by atoms with Gasteiger partial charge >= 0.3 is 12.1 Å². The van der Waals surface area contributed by atoms with Crippen molar-refractivity contribution in [1.29, 1.82) is 0 Å². The molecule has 1 fully saturated rings. The Labute approximate surface area is 104 Å². The Morgan fingerprint density at radius 3 is 2.67 bits per heavy atom. The highest BCUT2D eigenvalue weighted by Gasteiger charge is 2.42. The van der Waals surface area contributed by atoms with Crippen molar-refractivity contribution in [2.45, 2.75) is 12.1 Å². The van der Waals surface area contributed by atoms with Crippen LogP contribution in [0, 0.1) is 0 Å². The minimum atomic E-state index is -5.09. The number of hydrogen-bond acceptors (Lipinski definition) is 5. The fourth-order valence-corrected chi connectivity index (χ4v) is 1.38. The van der Waals surface area contributed by atoms with E-state index in [0.717, 1.165) is 6.20 Å². The number of nitrogens with one attached hydrogen (secondary N) is 1. The monoisotopic (exact) mass is 281 g/mol. The Hall–Kier alpha value is -1.41. The van der Waals surface area contributed by atoms with Crippen LogP contribution >= 0.6 is 11.6 Å². The van der Waals surface area contributed by atoms with Gasteiger partial charge in [-0.15, -0.1) is 0 Å². The van der Waals surface area contributed by atoms with E-state index in [-0.39, 0.29) is 10.9 Å². The van der Waals surface area contributed by atoms with E-state index >= 15 is 0 Å². The lowest BCUT2D eigenvalue weighted by molar-refractivity contribution is -0.190. The van der Waals surface area contributed by atoms with Gasteiger partial charge in [-0.2, -0.15) is 18.2 Å². The summed E-state index contributed by atoms with van der Waals surface area (Å²) < 4.78 is 40.2. The van der Waals surface area contributed by atoms with Crippen LogP contribution in [-0.2, 0) is 4.79 Å². The van der Waals surface area contributed by atoms with Crippen molar-refractivity contribution < 1.29 is 22.7 Å². The molecule has 1 aromatic rings. The molecule has 0 aliphatic carbocycles. The standard InChI is InChI=1S/C9H7ClF3N3O2/c10-5-3-15-6(4-1-14-2-4)16-7(5)18-8(17)9(11,12)13/h3-4,14H,1-2H2. The van der Waals surface area contributed by atoms with E-state index in [1.54, 1.807) is 0 Å². The molecule has 0 aromatic carbocycles. The number of carbonyl (C=O) groups excluding carboxylic acids is 1. The zero-order chi connectivity index (χ0) is 13.3. The SMILES string of the molecule is O=C(Oc1nc(C2CNC2)ncc1Cl)C(F)(F)F. The minimum Gasteiger partial charge on any atom is -0.399 e. The first-order valence-corrected chi connectivity index (χ1v) is 5.28. The molecule has 1 aliphatic rings. The molecular weight excluding hydrogens is 275 g/mol. The Morgan fingerprint density at radius 2 is 2.17 bits per heavy atom. The van der Waals surface area contributed by atoms with Crippen LogP contribution in [0.4, 0.5) is 13.2 Å². The molecule has 0 amide bonds. The molecule has 9 heteroatoms. The minimum absolute atomic E-state index is 0.00870. The molecule has 18 heavy (non-hydrogen) atoms. The number of rotatable bonds is 2. The lowest BCUT2D eigenvalue weighted by Crippen LogP contribution is -2.41. The second-order valence-corrected chi connectivity index (χ2v) is 4.03. The zero-order valence-corrected chi connectivity index (χ0v) is 9.55. The maximum absolute atomic E-state index is 12.0. The van der Waals surface area contributed by atoms with Crippen LogP contribution in [0.2, 0.25) is 5.02 Å². The van der Waals surface area contributed by atoms with Crippen LogP contribution in [-0.4, -0.2) is 35.2 Å². The molecule has 5 nitrogen and oxygen atoms in total. The fraction of sp³-hybridized carbons (Fsp3) is 0.444. The van der Waals surface area contributed by atoms with Crippen molar-refractivity contribution >= 4 is 17.6 Å². The second-order valence-electron chi connectivity index (χ2n) is 3.62. The average molecular weight is 282 g/mol. The molecular formula is C9H7ClF3N3O2. The van der Waals surface area contributed by atoms with Gasteiger partial charge in [-0.25, -0.2) is 9.78 Å². The van der Waals surface area contributed by atoms with E-state index in [0.29, 0.717) is 18.9 Å². The largest absolute Gasteiger partial charge is 0.491 e. The maximum atomic E-state index is 12.0. The molecule has 98 valence electrons. The van der Waals surface area contributed by atoms with E-state index in [9.17, 15) is 18.0 Å². The van der Waals surface area contributed by atoms with Crippen molar-refractivity contribution in [1.82, 2.24) is 15.3 Å². The number of hydrogen-bond donors (Lipinski definition) is 1. The van der Waals surface area contributed by atoms with E-state index in [4.69, 9.17) is 11.6 Å². The molecule has 1 aromatic heterocycles. The molecule has 1 aliphatic heterocycles. The van der Waals surface area contributed by atoms with Gasteiger partial charge in [-0.05, 0) is 0 Å². The highest BCUT2D eigenvalue weighted by atomic mass is 35.5. The molecule has 2 heterocycles. The van der Waals surface area contributed by atoms with Gasteiger partial charge in [0.1, 0.15) is 10.8 Å². The summed E-state index contributed by atoms with van der Waals surface area (Å²) in [7, 11) is 0. The molecule has 1 N–H and O–H groups in total. The topological polar surface area (TPSA) is 64.1 Å². The lowest BCUT2D eigenvalue weighted by Gasteiger charge is -2.25. The average Bonchev–Trinajstić information content (AvgIpc) is 2.19. The number of nitrogens with zero attached hydrogens (tertiary/aromatic N) is 2. The van der Waals surface area contributed by atoms with Crippen LogP contribution < -0.4 is 10.1 Å². The van der Waals surface area contributed by atoms with E-state index in [2.05, 4.69) is 20.0 Å². The summed E-state index contributed by atoms with van der Waals surface area (Å²) in [4.78, 5) is 18.3. The van der Waals surface area contributed by atoms with Crippen molar-refractivity contribution in [3.05, 3.63) is 17.0 Å². The highest BCUT2D eigenvalue weighted by Crippen LogP contribution is 2.26. The number of alkyl halides is 3. The third kappa shape index (κ3) is 2.70. The van der Waals surface area contributed by atoms with Gasteiger partial charge in [0.2, 0.25) is 5.88 Å². The van der Waals surface area contributed by atoms with Gasteiger partial charge in [-0.3, -0.25) is 0 Å². The summed E-state index contributed by atoms with van der Waals surface area (Å²) in [6.45, 7) is 1.24. The fourth-order valence-electron chi connectivity index (χ4n) is 1.25.